The third-order valence-electron chi connectivity index (χ3n) is 1.82. The average Bonchev–Trinajstić information content (AvgIpc) is 2.30. The van der Waals surface area contributed by atoms with Crippen LogP contribution in [0, 0.1) is 12.7 Å². The molecule has 62 valence electrons. The lowest BCUT2D eigenvalue weighted by molar-refractivity contribution is 0.433. The molecule has 1 aromatic carbocycles. The van der Waals surface area contributed by atoms with Crippen LogP contribution >= 0.6 is 0 Å². The second-order valence-corrected chi connectivity index (χ2v) is 2.84. The first-order valence-electron chi connectivity index (χ1n) is 3.64. The number of H-pyrrole nitrogens is 1. The zero-order valence-corrected chi connectivity index (χ0v) is 6.56. The molecule has 12 heavy (non-hydrogen) atoms. The molecule has 2 rings (SSSR count). The molecule has 2 N–H and O–H groups in total. The number of aromatic hydroxyl groups is 1. The van der Waals surface area contributed by atoms with Crippen molar-refractivity contribution in [1.82, 2.24) is 4.98 Å². The van der Waals surface area contributed by atoms with Crippen LogP contribution in [0.15, 0.2) is 18.2 Å². The monoisotopic (exact) mass is 165 g/mol. The molecule has 2 aromatic rings. The van der Waals surface area contributed by atoms with E-state index in [-0.39, 0.29) is 5.75 Å². The molecule has 1 heterocycles. The van der Waals surface area contributed by atoms with Gasteiger partial charge in [0.1, 0.15) is 0 Å². The van der Waals surface area contributed by atoms with E-state index in [9.17, 15) is 4.39 Å². The Hall–Kier alpha value is -1.51. The SMILES string of the molecule is Cc1cc2cc(O)c(F)cc2[nH]1. The van der Waals surface area contributed by atoms with Gasteiger partial charge in [-0.15, -0.1) is 0 Å². The Balaban J connectivity index is 2.83. The molecule has 0 radical (unpaired) electrons. The minimum Gasteiger partial charge on any atom is -0.505 e. The largest absolute Gasteiger partial charge is 0.505 e. The predicted octanol–water partition coefficient (Wildman–Crippen LogP) is 2.32. The third-order valence-corrected chi connectivity index (χ3v) is 1.82. The number of fused-ring (bicyclic) bond motifs is 1. The van der Waals surface area contributed by atoms with Crippen LogP contribution in [0.2, 0.25) is 0 Å². The van der Waals surface area contributed by atoms with Gasteiger partial charge in [0, 0.05) is 22.7 Å². The normalized spacial score (nSPS) is 10.8. The summed E-state index contributed by atoms with van der Waals surface area (Å²) in [6.45, 7) is 1.88. The molecule has 0 fully saturated rings. The van der Waals surface area contributed by atoms with Crippen LogP contribution in [-0.2, 0) is 0 Å². The topological polar surface area (TPSA) is 36.0 Å². The van der Waals surface area contributed by atoms with Crippen LogP contribution in [0.25, 0.3) is 10.9 Å². The van der Waals surface area contributed by atoms with Gasteiger partial charge in [-0.2, -0.15) is 0 Å². The van der Waals surface area contributed by atoms with Gasteiger partial charge in [-0.1, -0.05) is 0 Å². The predicted molar refractivity (Wildman–Crippen MR) is 44.7 cm³/mol. The number of benzene rings is 1. The molecule has 0 amide bonds. The van der Waals surface area contributed by atoms with Crippen LogP contribution in [0.5, 0.6) is 5.75 Å². The number of nitrogens with one attached hydrogen (secondary N) is 1. The van der Waals surface area contributed by atoms with Crippen molar-refractivity contribution in [2.45, 2.75) is 6.92 Å². The van der Waals surface area contributed by atoms with Gasteiger partial charge in [0.15, 0.2) is 11.6 Å². The Morgan fingerprint density at radius 1 is 1.33 bits per heavy atom. The minimum atomic E-state index is -0.593. The van der Waals surface area contributed by atoms with E-state index >= 15 is 0 Å². The van der Waals surface area contributed by atoms with Crippen molar-refractivity contribution in [3.63, 3.8) is 0 Å². The lowest BCUT2D eigenvalue weighted by Crippen LogP contribution is -1.75. The van der Waals surface area contributed by atoms with E-state index in [1.807, 2.05) is 13.0 Å². The van der Waals surface area contributed by atoms with Crippen LogP contribution in [0.4, 0.5) is 4.39 Å². The Morgan fingerprint density at radius 2 is 2.08 bits per heavy atom. The number of aryl methyl sites for hydroxylation is 1. The summed E-state index contributed by atoms with van der Waals surface area (Å²) in [4.78, 5) is 2.98. The number of phenols is 1. The van der Waals surface area contributed by atoms with E-state index in [1.165, 1.54) is 12.1 Å². The first-order valence-corrected chi connectivity index (χ1v) is 3.64. The number of hydrogen-bond donors (Lipinski definition) is 2. The molecule has 1 aromatic heterocycles. The Labute approximate surface area is 68.6 Å². The van der Waals surface area contributed by atoms with E-state index in [0.29, 0.717) is 5.52 Å². The molecule has 0 saturated heterocycles. The molecule has 2 nitrogen and oxygen atoms in total. The molecule has 3 heteroatoms. The number of hydrogen-bond acceptors (Lipinski definition) is 1. The molecule has 0 unspecified atom stereocenters. The number of rotatable bonds is 0. The fourth-order valence-corrected chi connectivity index (χ4v) is 1.29. The van der Waals surface area contributed by atoms with Gasteiger partial charge in [0.25, 0.3) is 0 Å². The lowest BCUT2D eigenvalue weighted by atomic mass is 10.2. The van der Waals surface area contributed by atoms with Crippen LogP contribution in [0.3, 0.4) is 0 Å². The van der Waals surface area contributed by atoms with Crippen molar-refractivity contribution in [2.24, 2.45) is 0 Å². The standard InChI is InChI=1S/C9H8FNO/c1-5-2-6-3-9(12)7(10)4-8(6)11-5/h2-4,11-12H,1H3. The summed E-state index contributed by atoms with van der Waals surface area (Å²) in [5.74, 6) is -0.897. The van der Waals surface area contributed by atoms with Crippen LogP contribution in [0.1, 0.15) is 5.69 Å². The molecular formula is C9H8FNO. The van der Waals surface area contributed by atoms with Gasteiger partial charge in [-0.3, -0.25) is 0 Å². The first kappa shape index (κ1) is 7.16. The lowest BCUT2D eigenvalue weighted by Gasteiger charge is -1.93. The van der Waals surface area contributed by atoms with Gasteiger partial charge < -0.3 is 10.1 Å². The molecular weight excluding hydrogens is 157 g/mol. The molecule has 0 spiro atoms. The molecule has 0 atom stereocenters. The van der Waals surface area contributed by atoms with Crippen molar-refractivity contribution in [2.75, 3.05) is 0 Å². The molecule has 0 bridgehead atoms. The Morgan fingerprint density at radius 3 is 2.83 bits per heavy atom. The maximum atomic E-state index is 12.8. The highest BCUT2D eigenvalue weighted by Gasteiger charge is 2.03. The molecule has 0 aliphatic rings. The summed E-state index contributed by atoms with van der Waals surface area (Å²) in [5, 5.41) is 9.86. The average molecular weight is 165 g/mol. The van der Waals surface area contributed by atoms with Crippen molar-refractivity contribution >= 4 is 10.9 Å². The minimum absolute atomic E-state index is 0.304. The van der Waals surface area contributed by atoms with Crippen molar-refractivity contribution in [3.8, 4) is 5.75 Å². The van der Waals surface area contributed by atoms with Gasteiger partial charge >= 0.3 is 0 Å². The summed E-state index contributed by atoms with van der Waals surface area (Å²) < 4.78 is 12.8. The first-order chi connectivity index (χ1) is 5.66. The number of phenolic OH excluding ortho intramolecular Hbond substituents is 1. The number of halogens is 1. The quantitative estimate of drug-likeness (QED) is 0.617. The fraction of sp³-hybridized carbons (Fsp3) is 0.111. The summed E-state index contributed by atoms with van der Waals surface area (Å²) in [6, 6.07) is 4.56. The second kappa shape index (κ2) is 2.24. The zero-order valence-electron chi connectivity index (χ0n) is 6.56. The van der Waals surface area contributed by atoms with E-state index < -0.39 is 5.82 Å². The number of aromatic amines is 1. The van der Waals surface area contributed by atoms with Gasteiger partial charge in [0.05, 0.1) is 0 Å². The van der Waals surface area contributed by atoms with E-state index in [2.05, 4.69) is 4.98 Å². The highest BCUT2D eigenvalue weighted by atomic mass is 19.1. The Kier molecular flexibility index (Phi) is 1.33. The summed E-state index contributed by atoms with van der Waals surface area (Å²) in [7, 11) is 0. The second-order valence-electron chi connectivity index (χ2n) is 2.84. The van der Waals surface area contributed by atoms with E-state index in [4.69, 9.17) is 5.11 Å². The van der Waals surface area contributed by atoms with Gasteiger partial charge in [-0.25, -0.2) is 4.39 Å². The summed E-state index contributed by atoms with van der Waals surface area (Å²) >= 11 is 0. The number of aromatic nitrogens is 1. The smallest absolute Gasteiger partial charge is 0.166 e. The van der Waals surface area contributed by atoms with Crippen LogP contribution in [-0.4, -0.2) is 10.1 Å². The van der Waals surface area contributed by atoms with E-state index in [1.54, 1.807) is 0 Å². The molecule has 0 saturated carbocycles. The molecule has 0 aliphatic heterocycles. The Bertz CT molecular complexity index is 394. The van der Waals surface area contributed by atoms with E-state index in [0.717, 1.165) is 11.1 Å². The van der Waals surface area contributed by atoms with Gasteiger partial charge in [-0.05, 0) is 19.1 Å². The fourth-order valence-electron chi connectivity index (χ4n) is 1.29. The zero-order chi connectivity index (χ0) is 8.72. The highest BCUT2D eigenvalue weighted by molar-refractivity contribution is 5.81. The summed E-state index contributed by atoms with van der Waals surface area (Å²) in [5.41, 5.74) is 1.66. The maximum Gasteiger partial charge on any atom is 0.166 e. The van der Waals surface area contributed by atoms with Gasteiger partial charge in [0.2, 0.25) is 0 Å². The van der Waals surface area contributed by atoms with Crippen molar-refractivity contribution in [1.29, 1.82) is 0 Å². The molecule has 0 aliphatic carbocycles. The maximum absolute atomic E-state index is 12.8. The third kappa shape index (κ3) is 0.942. The van der Waals surface area contributed by atoms with Crippen molar-refractivity contribution in [3.05, 3.63) is 29.7 Å². The highest BCUT2D eigenvalue weighted by Crippen LogP contribution is 2.23. The van der Waals surface area contributed by atoms with Crippen molar-refractivity contribution < 1.29 is 9.50 Å². The van der Waals surface area contributed by atoms with Crippen LogP contribution < -0.4 is 0 Å². The summed E-state index contributed by atoms with van der Waals surface area (Å²) in [6.07, 6.45) is 0.